The molecule has 5 heteroatoms. The molecule has 2 atom stereocenters. The quantitative estimate of drug-likeness (QED) is 0.921. The van der Waals surface area contributed by atoms with Gasteiger partial charge in [-0.05, 0) is 30.5 Å². The molecule has 1 heterocycles. The van der Waals surface area contributed by atoms with E-state index >= 15 is 0 Å². The summed E-state index contributed by atoms with van der Waals surface area (Å²) in [5, 5.41) is 3.48. The van der Waals surface area contributed by atoms with Gasteiger partial charge in [-0.3, -0.25) is 0 Å². The second-order valence-electron chi connectivity index (χ2n) is 5.00. The van der Waals surface area contributed by atoms with E-state index in [1.165, 1.54) is 6.26 Å². The van der Waals surface area contributed by atoms with Gasteiger partial charge in [-0.2, -0.15) is 0 Å². The van der Waals surface area contributed by atoms with Gasteiger partial charge in [0.2, 0.25) is 0 Å². The largest absolute Gasteiger partial charge is 0.372 e. The van der Waals surface area contributed by atoms with Crippen LogP contribution in [0.3, 0.4) is 0 Å². The zero-order chi connectivity index (χ0) is 13.9. The van der Waals surface area contributed by atoms with Crippen molar-refractivity contribution in [1.29, 1.82) is 0 Å². The molecule has 0 aliphatic carbocycles. The van der Waals surface area contributed by atoms with E-state index in [0.29, 0.717) is 10.9 Å². The van der Waals surface area contributed by atoms with Crippen LogP contribution in [0.15, 0.2) is 29.2 Å². The van der Waals surface area contributed by atoms with Crippen molar-refractivity contribution in [3.63, 3.8) is 0 Å². The summed E-state index contributed by atoms with van der Waals surface area (Å²) in [5.41, 5.74) is 1.02. The zero-order valence-corrected chi connectivity index (χ0v) is 12.2. The van der Waals surface area contributed by atoms with Crippen LogP contribution < -0.4 is 5.32 Å². The van der Waals surface area contributed by atoms with Crippen LogP contribution in [0.25, 0.3) is 0 Å². The number of sulfone groups is 1. The van der Waals surface area contributed by atoms with Crippen LogP contribution in [0.4, 0.5) is 0 Å². The van der Waals surface area contributed by atoms with Gasteiger partial charge in [0.05, 0.1) is 11.0 Å². The highest BCUT2D eigenvalue weighted by molar-refractivity contribution is 7.90. The molecule has 1 fully saturated rings. The monoisotopic (exact) mass is 283 g/mol. The Hall–Kier alpha value is -0.910. The van der Waals surface area contributed by atoms with Crippen LogP contribution in [0.5, 0.6) is 0 Å². The van der Waals surface area contributed by atoms with Gasteiger partial charge in [-0.25, -0.2) is 8.42 Å². The van der Waals surface area contributed by atoms with Gasteiger partial charge in [0.1, 0.15) is 0 Å². The predicted octanol–water partition coefficient (Wildman–Crippen LogP) is 1.92. The van der Waals surface area contributed by atoms with Crippen LogP contribution >= 0.6 is 0 Å². The van der Waals surface area contributed by atoms with Gasteiger partial charge >= 0.3 is 0 Å². The minimum Gasteiger partial charge on any atom is -0.372 e. The lowest BCUT2D eigenvalue weighted by molar-refractivity contribution is 0.0663. The molecule has 0 saturated carbocycles. The molecular weight excluding hydrogens is 262 g/mol. The minimum atomic E-state index is -3.13. The Morgan fingerprint density at radius 2 is 2.00 bits per heavy atom. The van der Waals surface area contributed by atoms with Crippen molar-refractivity contribution in [2.24, 2.45) is 0 Å². The molecule has 1 aliphatic rings. The summed E-state index contributed by atoms with van der Waals surface area (Å²) in [6, 6.07) is 7.50. The van der Waals surface area contributed by atoms with Crippen molar-refractivity contribution in [3.8, 4) is 0 Å². The van der Waals surface area contributed by atoms with Crippen molar-refractivity contribution in [3.05, 3.63) is 29.8 Å². The Labute approximate surface area is 115 Å². The van der Waals surface area contributed by atoms with Gasteiger partial charge in [-0.15, -0.1) is 0 Å². The Morgan fingerprint density at radius 1 is 1.32 bits per heavy atom. The highest BCUT2D eigenvalue weighted by Gasteiger charge is 2.19. The predicted molar refractivity (Wildman–Crippen MR) is 74.9 cm³/mol. The van der Waals surface area contributed by atoms with Crippen LogP contribution in [-0.2, 0) is 14.6 Å². The second-order valence-corrected chi connectivity index (χ2v) is 7.02. The number of rotatable bonds is 3. The van der Waals surface area contributed by atoms with E-state index in [1.54, 1.807) is 12.1 Å². The number of nitrogens with one attached hydrogen (secondary N) is 1. The third kappa shape index (κ3) is 3.78. The fraction of sp³-hybridized carbons (Fsp3) is 0.571. The van der Waals surface area contributed by atoms with E-state index < -0.39 is 9.84 Å². The molecular formula is C14H21NO3S. The standard InChI is InChI=1S/C14H21NO3S/c1-3-12-8-9-18-14(10-15-12)11-4-6-13(7-5-11)19(2,16)17/h4-7,12,14-15H,3,8-10H2,1-2H3. The molecule has 0 spiro atoms. The van der Waals surface area contributed by atoms with Crippen molar-refractivity contribution in [2.75, 3.05) is 19.4 Å². The molecule has 0 bridgehead atoms. The number of hydrogen-bond donors (Lipinski definition) is 1. The minimum absolute atomic E-state index is 0.00478. The highest BCUT2D eigenvalue weighted by atomic mass is 32.2. The summed E-state index contributed by atoms with van der Waals surface area (Å²) in [5.74, 6) is 0. The second kappa shape index (κ2) is 6.03. The Balaban J connectivity index is 2.10. The van der Waals surface area contributed by atoms with Gasteiger partial charge in [0, 0.05) is 25.4 Å². The lowest BCUT2D eigenvalue weighted by Gasteiger charge is -2.16. The van der Waals surface area contributed by atoms with E-state index in [1.807, 2.05) is 12.1 Å². The smallest absolute Gasteiger partial charge is 0.175 e. The molecule has 106 valence electrons. The SMILES string of the molecule is CCC1CCOC(c2ccc(S(C)(=O)=O)cc2)CN1. The number of benzene rings is 1. The lowest BCUT2D eigenvalue weighted by Crippen LogP contribution is -2.29. The van der Waals surface area contributed by atoms with E-state index in [-0.39, 0.29) is 6.10 Å². The third-order valence-electron chi connectivity index (χ3n) is 3.55. The topological polar surface area (TPSA) is 55.4 Å². The normalized spacial score (nSPS) is 24.9. The molecule has 0 radical (unpaired) electrons. The maximum atomic E-state index is 11.4. The summed E-state index contributed by atoms with van der Waals surface area (Å²) in [6.07, 6.45) is 3.35. The fourth-order valence-corrected chi connectivity index (χ4v) is 2.91. The average molecular weight is 283 g/mol. The van der Waals surface area contributed by atoms with Crippen LogP contribution in [-0.4, -0.2) is 33.9 Å². The lowest BCUT2D eigenvalue weighted by atomic mass is 10.1. The molecule has 1 aromatic rings. The van der Waals surface area contributed by atoms with Crippen LogP contribution in [0, 0.1) is 0 Å². The van der Waals surface area contributed by atoms with E-state index in [9.17, 15) is 8.42 Å². The number of hydrogen-bond acceptors (Lipinski definition) is 4. The van der Waals surface area contributed by atoms with Crippen molar-refractivity contribution in [2.45, 2.75) is 36.8 Å². The third-order valence-corrected chi connectivity index (χ3v) is 4.68. The van der Waals surface area contributed by atoms with Gasteiger partial charge < -0.3 is 10.1 Å². The summed E-state index contributed by atoms with van der Waals surface area (Å²) >= 11 is 0. The number of ether oxygens (including phenoxy) is 1. The van der Waals surface area contributed by atoms with Crippen molar-refractivity contribution >= 4 is 9.84 Å². The van der Waals surface area contributed by atoms with Crippen molar-refractivity contribution in [1.82, 2.24) is 5.32 Å². The Morgan fingerprint density at radius 3 is 2.58 bits per heavy atom. The van der Waals surface area contributed by atoms with Crippen LogP contribution in [0.2, 0.25) is 0 Å². The molecule has 1 aromatic carbocycles. The Bertz CT molecular complexity index is 510. The molecule has 4 nitrogen and oxygen atoms in total. The maximum absolute atomic E-state index is 11.4. The first-order valence-electron chi connectivity index (χ1n) is 6.65. The highest BCUT2D eigenvalue weighted by Crippen LogP contribution is 2.22. The first-order valence-corrected chi connectivity index (χ1v) is 8.55. The first kappa shape index (κ1) is 14.5. The van der Waals surface area contributed by atoms with E-state index in [4.69, 9.17) is 4.74 Å². The molecule has 1 saturated heterocycles. The molecule has 1 N–H and O–H groups in total. The van der Waals surface area contributed by atoms with Gasteiger partial charge in [-0.1, -0.05) is 19.1 Å². The molecule has 1 aliphatic heterocycles. The van der Waals surface area contributed by atoms with Gasteiger partial charge in [0.25, 0.3) is 0 Å². The zero-order valence-electron chi connectivity index (χ0n) is 11.4. The van der Waals surface area contributed by atoms with E-state index in [2.05, 4.69) is 12.2 Å². The maximum Gasteiger partial charge on any atom is 0.175 e. The summed E-state index contributed by atoms with van der Waals surface area (Å²) < 4.78 is 28.7. The summed E-state index contributed by atoms with van der Waals surface area (Å²) in [6.45, 7) is 3.68. The molecule has 0 aromatic heterocycles. The molecule has 2 rings (SSSR count). The van der Waals surface area contributed by atoms with Crippen molar-refractivity contribution < 1.29 is 13.2 Å². The van der Waals surface area contributed by atoms with Crippen LogP contribution in [0.1, 0.15) is 31.4 Å². The average Bonchev–Trinajstić information content (AvgIpc) is 2.63. The molecule has 0 amide bonds. The fourth-order valence-electron chi connectivity index (χ4n) is 2.28. The summed E-state index contributed by atoms with van der Waals surface area (Å²) in [4.78, 5) is 0.351. The molecule has 2 unspecified atom stereocenters. The summed E-state index contributed by atoms with van der Waals surface area (Å²) in [7, 11) is -3.13. The molecule has 19 heavy (non-hydrogen) atoms. The van der Waals surface area contributed by atoms with E-state index in [0.717, 1.165) is 31.6 Å². The Kier molecular flexibility index (Phi) is 4.60. The van der Waals surface area contributed by atoms with Gasteiger partial charge in [0.15, 0.2) is 9.84 Å². The first-order chi connectivity index (χ1) is 9.00.